The fraction of sp³-hybridized carbons (Fsp3) is 0.0833. The first kappa shape index (κ1) is 12.1. The van der Waals surface area contributed by atoms with E-state index in [1.165, 1.54) is 0 Å². The molecule has 73 valence electrons. The largest absolute Gasteiger partial charge is 0.478 e. The number of hydrogen-bond donors (Lipinski definition) is 1. The molecule has 3 heteroatoms. The Hall–Kier alpha value is -0.960. The summed E-state index contributed by atoms with van der Waals surface area (Å²) < 4.78 is 0. The molecule has 0 amide bonds. The molecular weight excluding hydrogens is 291 g/mol. The molecule has 0 saturated heterocycles. The fourth-order valence-electron chi connectivity index (χ4n) is 1.64. The van der Waals surface area contributed by atoms with E-state index in [1.807, 2.05) is 37.3 Å². The van der Waals surface area contributed by atoms with Gasteiger partial charge in [0.1, 0.15) is 0 Å². The molecule has 2 nitrogen and oxygen atoms in total. The van der Waals surface area contributed by atoms with Gasteiger partial charge in [0.05, 0.1) is 5.56 Å². The van der Waals surface area contributed by atoms with Crippen molar-refractivity contribution in [2.45, 2.75) is 6.92 Å². The molecule has 1 N–H and O–H groups in total. The van der Waals surface area contributed by atoms with Gasteiger partial charge in [-0.3, -0.25) is 0 Å². The van der Waals surface area contributed by atoms with Crippen LogP contribution in [0.15, 0.2) is 36.4 Å². The number of fused-ring (bicyclic) bond motifs is 1. The van der Waals surface area contributed by atoms with Crippen LogP contribution in [0, 0.1) is 6.92 Å². The molecule has 2 rings (SSSR count). The minimum atomic E-state index is -0.874. The summed E-state index contributed by atoms with van der Waals surface area (Å²) in [5.74, 6) is -0.874. The molecule has 0 atom stereocenters. The summed E-state index contributed by atoms with van der Waals surface area (Å²) in [5.41, 5.74) is 1.47. The topological polar surface area (TPSA) is 37.3 Å². The maximum Gasteiger partial charge on any atom is 0.336 e. The monoisotopic (exact) mass is 301 g/mol. The van der Waals surface area contributed by atoms with Crippen molar-refractivity contribution in [2.24, 2.45) is 0 Å². The van der Waals surface area contributed by atoms with Crippen LogP contribution in [0.1, 0.15) is 15.9 Å². The van der Waals surface area contributed by atoms with Crippen LogP contribution in [0.2, 0.25) is 0 Å². The predicted molar refractivity (Wildman–Crippen MR) is 61.4 cm³/mol. The average molecular weight is 301 g/mol. The first-order valence-electron chi connectivity index (χ1n) is 4.42. The molecule has 0 aliphatic rings. The molecular formula is C12H10InO2. The minimum absolute atomic E-state index is 0. The van der Waals surface area contributed by atoms with Gasteiger partial charge in [0.15, 0.2) is 0 Å². The minimum Gasteiger partial charge on any atom is -0.478 e. The van der Waals surface area contributed by atoms with Crippen molar-refractivity contribution in [3.63, 3.8) is 0 Å². The molecule has 0 fully saturated rings. The molecule has 0 bridgehead atoms. The first-order chi connectivity index (χ1) is 6.70. The quantitative estimate of drug-likeness (QED) is 0.878. The number of aromatic carboxylic acids is 1. The smallest absolute Gasteiger partial charge is 0.336 e. The van der Waals surface area contributed by atoms with Gasteiger partial charge in [-0.25, -0.2) is 4.79 Å². The van der Waals surface area contributed by atoms with Crippen LogP contribution in [0.4, 0.5) is 0 Å². The maximum atomic E-state index is 10.9. The van der Waals surface area contributed by atoms with Gasteiger partial charge in [0.2, 0.25) is 0 Å². The van der Waals surface area contributed by atoms with Gasteiger partial charge < -0.3 is 5.11 Å². The van der Waals surface area contributed by atoms with Crippen molar-refractivity contribution >= 4 is 42.6 Å². The third-order valence-electron chi connectivity index (χ3n) is 2.37. The van der Waals surface area contributed by atoms with Crippen molar-refractivity contribution in [3.05, 3.63) is 47.5 Å². The van der Waals surface area contributed by atoms with Crippen molar-refractivity contribution in [2.75, 3.05) is 0 Å². The molecule has 0 spiro atoms. The molecule has 0 saturated carbocycles. The Labute approximate surface area is 107 Å². The molecule has 15 heavy (non-hydrogen) atoms. The van der Waals surface area contributed by atoms with Crippen molar-refractivity contribution in [1.29, 1.82) is 0 Å². The van der Waals surface area contributed by atoms with Crippen LogP contribution in [0.25, 0.3) is 10.8 Å². The van der Waals surface area contributed by atoms with Crippen LogP contribution >= 0.6 is 0 Å². The Morgan fingerprint density at radius 2 is 1.67 bits per heavy atom. The van der Waals surface area contributed by atoms with Crippen molar-refractivity contribution < 1.29 is 9.90 Å². The van der Waals surface area contributed by atoms with Crippen LogP contribution < -0.4 is 0 Å². The van der Waals surface area contributed by atoms with E-state index in [1.54, 1.807) is 6.07 Å². The number of hydrogen-bond acceptors (Lipinski definition) is 1. The van der Waals surface area contributed by atoms with Gasteiger partial charge in [-0.05, 0) is 29.3 Å². The van der Waals surface area contributed by atoms with Crippen LogP contribution in [0.3, 0.4) is 0 Å². The number of benzene rings is 2. The predicted octanol–water partition coefficient (Wildman–Crippen LogP) is 2.47. The van der Waals surface area contributed by atoms with E-state index in [0.717, 1.165) is 16.3 Å². The van der Waals surface area contributed by atoms with Gasteiger partial charge >= 0.3 is 5.97 Å². The van der Waals surface area contributed by atoms with E-state index in [4.69, 9.17) is 5.11 Å². The number of carboxylic acid groups (broad SMARTS) is 1. The second-order valence-corrected chi connectivity index (χ2v) is 3.28. The van der Waals surface area contributed by atoms with Crippen LogP contribution in [-0.2, 0) is 0 Å². The Morgan fingerprint density at radius 3 is 2.27 bits per heavy atom. The molecule has 0 aromatic heterocycles. The van der Waals surface area contributed by atoms with E-state index < -0.39 is 5.97 Å². The number of carbonyl (C=O) groups is 1. The molecule has 0 unspecified atom stereocenters. The van der Waals surface area contributed by atoms with E-state index in [2.05, 4.69) is 0 Å². The second-order valence-electron chi connectivity index (χ2n) is 3.28. The summed E-state index contributed by atoms with van der Waals surface area (Å²) in [6.07, 6.45) is 0. The summed E-state index contributed by atoms with van der Waals surface area (Å²) >= 11 is 0. The Kier molecular flexibility index (Phi) is 3.80. The zero-order valence-corrected chi connectivity index (χ0v) is 11.7. The summed E-state index contributed by atoms with van der Waals surface area (Å²) in [6.45, 7) is 1.98. The third kappa shape index (κ3) is 2.17. The zero-order chi connectivity index (χ0) is 10.1. The van der Waals surface area contributed by atoms with Crippen LogP contribution in [-0.4, -0.2) is 36.9 Å². The summed E-state index contributed by atoms with van der Waals surface area (Å²) in [7, 11) is 0. The summed E-state index contributed by atoms with van der Waals surface area (Å²) in [4.78, 5) is 10.9. The SMILES string of the molecule is Cc1ccc(C(=O)O)c2ccccc12.[In]. The van der Waals surface area contributed by atoms with Crippen molar-refractivity contribution in [1.82, 2.24) is 0 Å². The average Bonchev–Trinajstić information content (AvgIpc) is 2.18. The molecule has 0 aliphatic carbocycles. The van der Waals surface area contributed by atoms with E-state index >= 15 is 0 Å². The standard InChI is InChI=1S/C12H10O2.In/c1-8-6-7-11(12(13)14)10-5-3-2-4-9(8)10;/h2-7H,1H3,(H,13,14);. The second kappa shape index (κ2) is 4.71. The van der Waals surface area contributed by atoms with Gasteiger partial charge in [-0.1, -0.05) is 30.3 Å². The fourth-order valence-corrected chi connectivity index (χ4v) is 1.64. The Bertz CT molecular complexity index is 506. The molecule has 2 aromatic carbocycles. The van der Waals surface area contributed by atoms with Crippen molar-refractivity contribution in [3.8, 4) is 0 Å². The van der Waals surface area contributed by atoms with Gasteiger partial charge in [-0.15, -0.1) is 0 Å². The van der Waals surface area contributed by atoms with Gasteiger partial charge in [0, 0.05) is 25.8 Å². The Morgan fingerprint density at radius 1 is 1.07 bits per heavy atom. The van der Waals surface area contributed by atoms with E-state index in [-0.39, 0.29) is 25.8 Å². The van der Waals surface area contributed by atoms with Gasteiger partial charge in [-0.2, -0.15) is 0 Å². The molecule has 0 heterocycles. The normalized spacial score (nSPS) is 9.67. The van der Waals surface area contributed by atoms with E-state index in [0.29, 0.717) is 5.56 Å². The molecule has 2 aromatic rings. The molecule has 3 radical (unpaired) electrons. The first-order valence-corrected chi connectivity index (χ1v) is 4.42. The summed E-state index contributed by atoms with van der Waals surface area (Å²) in [5, 5.41) is 10.8. The third-order valence-corrected chi connectivity index (χ3v) is 2.37. The zero-order valence-electron chi connectivity index (χ0n) is 8.40. The Balaban J connectivity index is 0.00000112. The number of aryl methyl sites for hydroxylation is 1. The van der Waals surface area contributed by atoms with Gasteiger partial charge in [0.25, 0.3) is 0 Å². The number of rotatable bonds is 1. The maximum absolute atomic E-state index is 10.9. The van der Waals surface area contributed by atoms with E-state index in [9.17, 15) is 4.79 Å². The summed E-state index contributed by atoms with van der Waals surface area (Å²) in [6, 6.07) is 11.0. The van der Waals surface area contributed by atoms with Crippen LogP contribution in [0.5, 0.6) is 0 Å². The molecule has 0 aliphatic heterocycles. The number of carboxylic acids is 1.